The van der Waals surface area contributed by atoms with Gasteiger partial charge in [-0.15, -0.1) is 0 Å². The fourth-order valence-electron chi connectivity index (χ4n) is 2.98. The molecule has 1 aliphatic rings. The van der Waals surface area contributed by atoms with E-state index >= 15 is 0 Å². The lowest BCUT2D eigenvalue weighted by molar-refractivity contribution is 1.07. The molecule has 0 aliphatic carbocycles. The minimum atomic E-state index is 0.548. The summed E-state index contributed by atoms with van der Waals surface area (Å²) in [6.45, 7) is 0.548. The van der Waals surface area contributed by atoms with Crippen molar-refractivity contribution >= 4 is 22.8 Å². The van der Waals surface area contributed by atoms with E-state index in [0.29, 0.717) is 13.0 Å². The molecule has 25 heavy (non-hydrogen) atoms. The van der Waals surface area contributed by atoms with Crippen LogP contribution in [0.25, 0.3) is 0 Å². The minimum Gasteiger partial charge on any atom is -0.326 e. The van der Waals surface area contributed by atoms with Crippen LogP contribution in [0.4, 0.5) is 11.4 Å². The quantitative estimate of drug-likeness (QED) is 0.739. The van der Waals surface area contributed by atoms with E-state index in [1.54, 1.807) is 0 Å². The molecule has 0 unspecified atom stereocenters. The molecule has 3 heteroatoms. The predicted octanol–water partition coefficient (Wildman–Crippen LogP) is 4.79. The van der Waals surface area contributed by atoms with E-state index in [4.69, 9.17) is 15.7 Å². The van der Waals surface area contributed by atoms with E-state index in [2.05, 4.69) is 36.4 Å². The number of nitrogens with two attached hydrogens (primary N) is 1. The van der Waals surface area contributed by atoms with Gasteiger partial charge in [0.05, 0.1) is 22.8 Å². The average Bonchev–Trinajstić information content (AvgIpc) is 2.88. The van der Waals surface area contributed by atoms with Crippen molar-refractivity contribution in [1.82, 2.24) is 0 Å². The van der Waals surface area contributed by atoms with Crippen molar-refractivity contribution < 1.29 is 0 Å². The van der Waals surface area contributed by atoms with Crippen LogP contribution in [-0.2, 0) is 6.54 Å². The summed E-state index contributed by atoms with van der Waals surface area (Å²) >= 11 is 0. The zero-order valence-corrected chi connectivity index (χ0v) is 13.9. The highest BCUT2D eigenvalue weighted by Crippen LogP contribution is 2.32. The van der Waals surface area contributed by atoms with Crippen molar-refractivity contribution in [2.45, 2.75) is 13.0 Å². The standard InChI is InChI=1S/C22H19N3/c23-15-16-10-12-18(13-11-16)22-14-21(17-6-2-1-3-7-17)24-19-8-4-5-9-20(19)25-22/h1-13H,14-15,23H2. The monoisotopic (exact) mass is 325 g/mol. The molecule has 3 nitrogen and oxygen atoms in total. The summed E-state index contributed by atoms with van der Waals surface area (Å²) in [6.07, 6.45) is 0.695. The van der Waals surface area contributed by atoms with Crippen LogP contribution < -0.4 is 5.73 Å². The van der Waals surface area contributed by atoms with Crippen molar-refractivity contribution in [2.24, 2.45) is 15.7 Å². The first-order valence-corrected chi connectivity index (χ1v) is 8.42. The largest absolute Gasteiger partial charge is 0.326 e. The van der Waals surface area contributed by atoms with Gasteiger partial charge in [0, 0.05) is 13.0 Å². The molecule has 3 aromatic rings. The van der Waals surface area contributed by atoms with Crippen LogP contribution in [0.5, 0.6) is 0 Å². The van der Waals surface area contributed by atoms with Gasteiger partial charge in [-0.05, 0) is 28.8 Å². The van der Waals surface area contributed by atoms with Crippen molar-refractivity contribution in [3.63, 3.8) is 0 Å². The van der Waals surface area contributed by atoms with Crippen LogP contribution in [0.1, 0.15) is 23.1 Å². The number of hydrogen-bond donors (Lipinski definition) is 1. The van der Waals surface area contributed by atoms with E-state index in [1.165, 1.54) is 0 Å². The molecular formula is C22H19N3. The van der Waals surface area contributed by atoms with E-state index in [0.717, 1.165) is 39.5 Å². The molecule has 0 saturated carbocycles. The Morgan fingerprint density at radius 3 is 1.72 bits per heavy atom. The molecule has 3 aromatic carbocycles. The first-order chi connectivity index (χ1) is 12.3. The fraction of sp³-hybridized carbons (Fsp3) is 0.0909. The number of aliphatic imine (C=N–C) groups is 2. The second kappa shape index (κ2) is 6.83. The van der Waals surface area contributed by atoms with Gasteiger partial charge in [-0.2, -0.15) is 0 Å². The molecule has 0 atom stereocenters. The smallest absolute Gasteiger partial charge is 0.0889 e. The van der Waals surface area contributed by atoms with Gasteiger partial charge in [0.25, 0.3) is 0 Å². The number of nitrogens with zero attached hydrogens (tertiary/aromatic N) is 2. The molecule has 0 saturated heterocycles. The maximum atomic E-state index is 5.72. The van der Waals surface area contributed by atoms with Gasteiger partial charge in [0.2, 0.25) is 0 Å². The predicted molar refractivity (Wildman–Crippen MR) is 104 cm³/mol. The highest BCUT2D eigenvalue weighted by molar-refractivity contribution is 6.20. The number of para-hydroxylation sites is 2. The van der Waals surface area contributed by atoms with Crippen LogP contribution in [0.3, 0.4) is 0 Å². The Hall–Kier alpha value is -3.04. The van der Waals surface area contributed by atoms with Crippen LogP contribution in [0.15, 0.2) is 88.8 Å². The fourth-order valence-corrected chi connectivity index (χ4v) is 2.98. The first kappa shape index (κ1) is 15.5. The Bertz CT molecular complexity index is 939. The Labute approximate surface area is 147 Å². The zero-order valence-electron chi connectivity index (χ0n) is 13.9. The summed E-state index contributed by atoms with van der Waals surface area (Å²) in [5, 5.41) is 0. The lowest BCUT2D eigenvalue weighted by atomic mass is 9.99. The maximum absolute atomic E-state index is 5.72. The van der Waals surface area contributed by atoms with Crippen molar-refractivity contribution in [3.8, 4) is 0 Å². The number of hydrogen-bond acceptors (Lipinski definition) is 3. The SMILES string of the molecule is NCc1ccc(C2=Nc3ccccc3N=C(c3ccccc3)C2)cc1. The number of fused-ring (bicyclic) bond motifs is 1. The van der Waals surface area contributed by atoms with Gasteiger partial charge in [-0.1, -0.05) is 66.7 Å². The first-order valence-electron chi connectivity index (χ1n) is 8.42. The summed E-state index contributed by atoms with van der Waals surface area (Å²) < 4.78 is 0. The molecule has 4 rings (SSSR count). The lowest BCUT2D eigenvalue weighted by Crippen LogP contribution is -2.10. The van der Waals surface area contributed by atoms with Gasteiger partial charge < -0.3 is 5.73 Å². The molecular weight excluding hydrogens is 306 g/mol. The molecule has 0 bridgehead atoms. The zero-order chi connectivity index (χ0) is 17.1. The van der Waals surface area contributed by atoms with Gasteiger partial charge in [0.15, 0.2) is 0 Å². The van der Waals surface area contributed by atoms with Gasteiger partial charge in [0.1, 0.15) is 0 Å². The summed E-state index contributed by atoms with van der Waals surface area (Å²) in [6, 6.07) is 26.7. The summed E-state index contributed by atoms with van der Waals surface area (Å²) in [7, 11) is 0. The van der Waals surface area contributed by atoms with Crippen molar-refractivity contribution in [2.75, 3.05) is 0 Å². The van der Waals surface area contributed by atoms with Gasteiger partial charge >= 0.3 is 0 Å². The maximum Gasteiger partial charge on any atom is 0.0889 e. The Morgan fingerprint density at radius 1 is 0.640 bits per heavy atom. The Kier molecular flexibility index (Phi) is 4.23. The molecule has 0 amide bonds. The second-order valence-electron chi connectivity index (χ2n) is 6.05. The molecule has 0 radical (unpaired) electrons. The molecule has 0 spiro atoms. The molecule has 0 fully saturated rings. The molecule has 122 valence electrons. The Morgan fingerprint density at radius 2 is 1.16 bits per heavy atom. The van der Waals surface area contributed by atoms with Crippen molar-refractivity contribution in [1.29, 1.82) is 0 Å². The van der Waals surface area contributed by atoms with Crippen LogP contribution in [0.2, 0.25) is 0 Å². The summed E-state index contributed by atoms with van der Waals surface area (Å²) in [4.78, 5) is 9.81. The average molecular weight is 325 g/mol. The third-order valence-electron chi connectivity index (χ3n) is 4.36. The van der Waals surface area contributed by atoms with E-state index in [9.17, 15) is 0 Å². The van der Waals surface area contributed by atoms with E-state index in [1.807, 2.05) is 42.5 Å². The molecule has 2 N–H and O–H groups in total. The third kappa shape index (κ3) is 3.28. The van der Waals surface area contributed by atoms with E-state index in [-0.39, 0.29) is 0 Å². The third-order valence-corrected chi connectivity index (χ3v) is 4.36. The van der Waals surface area contributed by atoms with Crippen molar-refractivity contribution in [3.05, 3.63) is 95.6 Å². The number of rotatable bonds is 3. The second-order valence-corrected chi connectivity index (χ2v) is 6.05. The highest BCUT2D eigenvalue weighted by Gasteiger charge is 2.16. The normalized spacial score (nSPS) is 13.5. The Balaban J connectivity index is 1.82. The minimum absolute atomic E-state index is 0.548. The molecule has 1 aliphatic heterocycles. The van der Waals surface area contributed by atoms with Crippen LogP contribution in [-0.4, -0.2) is 11.4 Å². The van der Waals surface area contributed by atoms with Gasteiger partial charge in [-0.3, -0.25) is 9.98 Å². The summed E-state index contributed by atoms with van der Waals surface area (Å²) in [5.41, 5.74) is 13.0. The van der Waals surface area contributed by atoms with Crippen LogP contribution in [0, 0.1) is 0 Å². The summed E-state index contributed by atoms with van der Waals surface area (Å²) in [5.74, 6) is 0. The lowest BCUT2D eigenvalue weighted by Gasteiger charge is -2.08. The topological polar surface area (TPSA) is 50.7 Å². The molecule has 0 aromatic heterocycles. The van der Waals surface area contributed by atoms with Gasteiger partial charge in [-0.25, -0.2) is 0 Å². The number of benzene rings is 3. The molecule has 1 heterocycles. The van der Waals surface area contributed by atoms with Crippen LogP contribution >= 0.6 is 0 Å². The highest BCUT2D eigenvalue weighted by atomic mass is 14.9. The van der Waals surface area contributed by atoms with E-state index < -0.39 is 0 Å².